The number of likely N-dealkylation sites (tertiary alicyclic amines) is 1. The Kier molecular flexibility index (Phi) is 7.42. The monoisotopic (exact) mass is 462 g/mol. The molecule has 1 fully saturated rings. The third-order valence-corrected chi connectivity index (χ3v) is 5.84. The standard InChI is InChI=1S/C27H27FN2O4/c1-33-23-12-10-20(11-13-23)27(32)30(22-7-3-2-4-8-22)19-26(31)29-16-14-24(15-17-29)34-25-9-5-6-21(28)18-25/h2-13,18,24H,14-17,19H2,1H3. The number of hydrogen-bond acceptors (Lipinski definition) is 4. The van der Waals surface area contributed by atoms with Crippen LogP contribution >= 0.6 is 0 Å². The number of benzene rings is 3. The van der Waals surface area contributed by atoms with Crippen LogP contribution < -0.4 is 14.4 Å². The zero-order valence-corrected chi connectivity index (χ0v) is 19.0. The Morgan fingerprint density at radius 1 is 0.941 bits per heavy atom. The summed E-state index contributed by atoms with van der Waals surface area (Å²) in [6.45, 7) is 0.959. The Balaban J connectivity index is 1.41. The van der Waals surface area contributed by atoms with Crippen molar-refractivity contribution in [2.75, 3.05) is 31.6 Å². The van der Waals surface area contributed by atoms with Crippen molar-refractivity contribution in [2.45, 2.75) is 18.9 Å². The zero-order valence-electron chi connectivity index (χ0n) is 19.0. The molecule has 0 aromatic heterocycles. The van der Waals surface area contributed by atoms with Crippen LogP contribution in [0.2, 0.25) is 0 Å². The quantitative estimate of drug-likeness (QED) is 0.517. The second-order valence-electron chi connectivity index (χ2n) is 8.11. The lowest BCUT2D eigenvalue weighted by Gasteiger charge is -2.33. The smallest absolute Gasteiger partial charge is 0.258 e. The Hall–Kier alpha value is -3.87. The summed E-state index contributed by atoms with van der Waals surface area (Å²) in [5.41, 5.74) is 1.13. The molecule has 0 bridgehead atoms. The third kappa shape index (κ3) is 5.73. The first-order chi connectivity index (χ1) is 16.5. The number of ether oxygens (including phenoxy) is 2. The van der Waals surface area contributed by atoms with Crippen molar-refractivity contribution in [1.29, 1.82) is 0 Å². The Morgan fingerprint density at radius 3 is 2.29 bits per heavy atom. The van der Waals surface area contributed by atoms with E-state index in [-0.39, 0.29) is 30.3 Å². The molecule has 3 aromatic carbocycles. The van der Waals surface area contributed by atoms with Gasteiger partial charge in [-0.2, -0.15) is 0 Å². The first-order valence-corrected chi connectivity index (χ1v) is 11.2. The molecule has 0 unspecified atom stereocenters. The van der Waals surface area contributed by atoms with E-state index >= 15 is 0 Å². The minimum atomic E-state index is -0.340. The summed E-state index contributed by atoms with van der Waals surface area (Å²) < 4.78 is 24.5. The molecule has 0 saturated carbocycles. The molecule has 1 aliphatic heterocycles. The summed E-state index contributed by atoms with van der Waals surface area (Å²) >= 11 is 0. The molecule has 6 nitrogen and oxygen atoms in total. The van der Waals surface area contributed by atoms with E-state index in [0.29, 0.717) is 48.7 Å². The number of piperidine rings is 1. The number of hydrogen-bond donors (Lipinski definition) is 0. The Bertz CT molecular complexity index is 1110. The van der Waals surface area contributed by atoms with Crippen LogP contribution in [0.5, 0.6) is 11.5 Å². The average Bonchev–Trinajstić information content (AvgIpc) is 2.88. The van der Waals surface area contributed by atoms with Crippen LogP contribution in [0.15, 0.2) is 78.9 Å². The van der Waals surface area contributed by atoms with Crippen molar-refractivity contribution in [3.8, 4) is 11.5 Å². The molecule has 0 atom stereocenters. The largest absolute Gasteiger partial charge is 0.497 e. The molecule has 0 N–H and O–H groups in total. The van der Waals surface area contributed by atoms with Gasteiger partial charge in [-0.15, -0.1) is 0 Å². The fraction of sp³-hybridized carbons (Fsp3) is 0.259. The van der Waals surface area contributed by atoms with E-state index in [4.69, 9.17) is 9.47 Å². The Morgan fingerprint density at radius 2 is 1.65 bits per heavy atom. The molecule has 0 radical (unpaired) electrons. The molecule has 2 amide bonds. The number of nitrogens with zero attached hydrogens (tertiary/aromatic N) is 2. The molecule has 0 aliphatic carbocycles. The van der Waals surface area contributed by atoms with E-state index < -0.39 is 0 Å². The molecule has 1 heterocycles. The van der Waals surface area contributed by atoms with Crippen LogP contribution in [-0.2, 0) is 4.79 Å². The van der Waals surface area contributed by atoms with Gasteiger partial charge in [0.1, 0.15) is 30.0 Å². The number of halogens is 1. The minimum absolute atomic E-state index is 0.0652. The van der Waals surface area contributed by atoms with Gasteiger partial charge in [-0.25, -0.2) is 4.39 Å². The van der Waals surface area contributed by atoms with E-state index in [1.807, 2.05) is 30.3 Å². The highest BCUT2D eigenvalue weighted by molar-refractivity contribution is 6.08. The number of rotatable bonds is 7. The van der Waals surface area contributed by atoms with Gasteiger partial charge in [0.25, 0.3) is 5.91 Å². The van der Waals surface area contributed by atoms with Gasteiger partial charge in [0, 0.05) is 43.2 Å². The van der Waals surface area contributed by atoms with Crippen LogP contribution in [0, 0.1) is 5.82 Å². The van der Waals surface area contributed by atoms with Crippen LogP contribution in [0.4, 0.5) is 10.1 Å². The van der Waals surface area contributed by atoms with E-state index in [0.717, 1.165) is 0 Å². The summed E-state index contributed by atoms with van der Waals surface area (Å²) in [7, 11) is 1.57. The number of carbonyl (C=O) groups is 2. The summed E-state index contributed by atoms with van der Waals surface area (Å²) in [6, 6.07) is 22.1. The first-order valence-electron chi connectivity index (χ1n) is 11.2. The maximum Gasteiger partial charge on any atom is 0.258 e. The van der Waals surface area contributed by atoms with Crippen LogP contribution in [0.3, 0.4) is 0 Å². The minimum Gasteiger partial charge on any atom is -0.497 e. The molecule has 1 saturated heterocycles. The van der Waals surface area contributed by atoms with Crippen LogP contribution in [0.25, 0.3) is 0 Å². The van der Waals surface area contributed by atoms with Gasteiger partial charge in [-0.05, 0) is 48.5 Å². The fourth-order valence-corrected chi connectivity index (χ4v) is 3.97. The van der Waals surface area contributed by atoms with Crippen molar-refractivity contribution in [3.05, 3.63) is 90.2 Å². The lowest BCUT2D eigenvalue weighted by molar-refractivity contribution is -0.131. The van der Waals surface area contributed by atoms with Crippen molar-refractivity contribution in [3.63, 3.8) is 0 Å². The summed E-state index contributed by atoms with van der Waals surface area (Å²) in [5.74, 6) is 0.418. The number of para-hydroxylation sites is 1. The van der Waals surface area contributed by atoms with E-state index in [9.17, 15) is 14.0 Å². The molecule has 7 heteroatoms. The van der Waals surface area contributed by atoms with Gasteiger partial charge in [-0.1, -0.05) is 24.3 Å². The molecule has 3 aromatic rings. The fourth-order valence-electron chi connectivity index (χ4n) is 3.97. The molecular weight excluding hydrogens is 435 g/mol. The second kappa shape index (κ2) is 10.8. The zero-order chi connectivity index (χ0) is 23.9. The highest BCUT2D eigenvalue weighted by Crippen LogP contribution is 2.22. The number of anilines is 1. The van der Waals surface area contributed by atoms with Crippen LogP contribution in [-0.4, -0.2) is 49.6 Å². The number of carbonyl (C=O) groups excluding carboxylic acids is 2. The SMILES string of the molecule is COc1ccc(C(=O)N(CC(=O)N2CCC(Oc3cccc(F)c3)CC2)c2ccccc2)cc1. The summed E-state index contributed by atoms with van der Waals surface area (Å²) in [6.07, 6.45) is 1.19. The summed E-state index contributed by atoms with van der Waals surface area (Å²) in [5, 5.41) is 0. The van der Waals surface area contributed by atoms with Crippen LogP contribution in [0.1, 0.15) is 23.2 Å². The molecule has 34 heavy (non-hydrogen) atoms. The summed E-state index contributed by atoms with van der Waals surface area (Å²) in [4.78, 5) is 29.7. The highest BCUT2D eigenvalue weighted by Gasteiger charge is 2.27. The van der Waals surface area contributed by atoms with E-state index in [1.165, 1.54) is 17.0 Å². The Labute approximate surface area is 198 Å². The van der Waals surface area contributed by atoms with E-state index in [2.05, 4.69) is 0 Å². The molecular formula is C27H27FN2O4. The van der Waals surface area contributed by atoms with Crippen molar-refractivity contribution < 1.29 is 23.5 Å². The van der Waals surface area contributed by atoms with E-state index in [1.54, 1.807) is 48.4 Å². The van der Waals surface area contributed by atoms with Gasteiger partial charge < -0.3 is 14.4 Å². The molecule has 4 rings (SSSR count). The van der Waals surface area contributed by atoms with Gasteiger partial charge >= 0.3 is 0 Å². The maximum absolute atomic E-state index is 13.4. The number of methoxy groups -OCH3 is 1. The lowest BCUT2D eigenvalue weighted by Crippen LogP contribution is -2.47. The lowest BCUT2D eigenvalue weighted by atomic mass is 10.1. The maximum atomic E-state index is 13.4. The predicted molar refractivity (Wildman–Crippen MR) is 128 cm³/mol. The molecule has 1 aliphatic rings. The van der Waals surface area contributed by atoms with Gasteiger partial charge in [-0.3, -0.25) is 14.5 Å². The highest BCUT2D eigenvalue weighted by atomic mass is 19.1. The first kappa shape index (κ1) is 23.3. The van der Waals surface area contributed by atoms with Gasteiger partial charge in [0.15, 0.2) is 0 Å². The molecule has 0 spiro atoms. The number of amides is 2. The van der Waals surface area contributed by atoms with Crippen molar-refractivity contribution >= 4 is 17.5 Å². The normalized spacial score (nSPS) is 13.9. The van der Waals surface area contributed by atoms with Gasteiger partial charge in [0.2, 0.25) is 5.91 Å². The topological polar surface area (TPSA) is 59.1 Å². The van der Waals surface area contributed by atoms with Crippen molar-refractivity contribution in [2.24, 2.45) is 0 Å². The van der Waals surface area contributed by atoms with Gasteiger partial charge in [0.05, 0.1) is 7.11 Å². The average molecular weight is 463 g/mol. The predicted octanol–water partition coefficient (Wildman–Crippen LogP) is 4.55. The third-order valence-electron chi connectivity index (χ3n) is 5.84. The second-order valence-corrected chi connectivity index (χ2v) is 8.11. The molecule has 176 valence electrons. The van der Waals surface area contributed by atoms with Crippen molar-refractivity contribution in [1.82, 2.24) is 4.90 Å².